The molecule has 1 N–H and O–H groups in total. The molecule has 1 fully saturated rings. The number of ether oxygens (including phenoxy) is 1. The summed E-state index contributed by atoms with van der Waals surface area (Å²) < 4.78 is 7.78. The van der Waals surface area contributed by atoms with E-state index >= 15 is 0 Å². The molecular formula is C12H14BrNO4. The minimum Gasteiger partial charge on any atom is -0.479 e. The van der Waals surface area contributed by atoms with Crippen LogP contribution in [-0.2, 0) is 16.1 Å². The van der Waals surface area contributed by atoms with Crippen LogP contribution < -0.4 is 5.56 Å². The lowest BCUT2D eigenvalue weighted by atomic mass is 10.2. The topological polar surface area (TPSA) is 68.5 Å². The number of rotatable bonds is 3. The van der Waals surface area contributed by atoms with Gasteiger partial charge in [0.1, 0.15) is 0 Å². The average molecular weight is 316 g/mol. The highest BCUT2D eigenvalue weighted by molar-refractivity contribution is 9.10. The number of carboxylic acid groups (broad SMARTS) is 1. The number of carboxylic acids is 1. The summed E-state index contributed by atoms with van der Waals surface area (Å²) in [5.41, 5.74) is 0.581. The first kappa shape index (κ1) is 13.3. The van der Waals surface area contributed by atoms with Gasteiger partial charge in [0.05, 0.1) is 12.6 Å². The highest BCUT2D eigenvalue weighted by atomic mass is 79.9. The molecule has 98 valence electrons. The van der Waals surface area contributed by atoms with Crippen molar-refractivity contribution in [2.24, 2.45) is 0 Å². The molecule has 0 bridgehead atoms. The van der Waals surface area contributed by atoms with Crippen molar-refractivity contribution < 1.29 is 14.6 Å². The highest BCUT2D eigenvalue weighted by Gasteiger charge is 2.30. The Morgan fingerprint density at radius 3 is 2.94 bits per heavy atom. The fourth-order valence-electron chi connectivity index (χ4n) is 2.12. The summed E-state index contributed by atoms with van der Waals surface area (Å²) in [6, 6.07) is 1.76. The molecule has 2 unspecified atom stereocenters. The van der Waals surface area contributed by atoms with Gasteiger partial charge in [0.2, 0.25) is 0 Å². The van der Waals surface area contributed by atoms with Gasteiger partial charge in [-0.15, -0.1) is 0 Å². The van der Waals surface area contributed by atoms with E-state index in [2.05, 4.69) is 15.9 Å². The molecule has 1 aromatic rings. The van der Waals surface area contributed by atoms with Crippen LogP contribution in [0.5, 0.6) is 0 Å². The first-order valence-electron chi connectivity index (χ1n) is 5.72. The second-order valence-corrected chi connectivity index (χ2v) is 5.38. The van der Waals surface area contributed by atoms with Crippen LogP contribution >= 0.6 is 15.9 Å². The number of pyridine rings is 1. The quantitative estimate of drug-likeness (QED) is 0.919. The Balaban J connectivity index is 2.12. The maximum atomic E-state index is 11.9. The largest absolute Gasteiger partial charge is 0.479 e. The SMILES string of the molecule is Cc1cc(Br)cn(CC2CCC(C(=O)O)O2)c1=O. The molecule has 0 amide bonds. The Kier molecular flexibility index (Phi) is 3.87. The predicted octanol–water partition coefficient (Wildman–Crippen LogP) is 1.55. The van der Waals surface area contributed by atoms with E-state index in [0.29, 0.717) is 24.9 Å². The van der Waals surface area contributed by atoms with Gasteiger partial charge in [0, 0.05) is 16.2 Å². The number of aryl methyl sites for hydroxylation is 1. The van der Waals surface area contributed by atoms with Crippen molar-refractivity contribution in [3.63, 3.8) is 0 Å². The highest BCUT2D eigenvalue weighted by Crippen LogP contribution is 2.21. The maximum Gasteiger partial charge on any atom is 0.332 e. The molecule has 2 atom stereocenters. The Bertz CT molecular complexity index is 525. The van der Waals surface area contributed by atoms with E-state index in [4.69, 9.17) is 9.84 Å². The van der Waals surface area contributed by atoms with Crippen molar-refractivity contribution in [3.05, 3.63) is 32.7 Å². The number of halogens is 1. The summed E-state index contributed by atoms with van der Waals surface area (Å²) in [5, 5.41) is 8.84. The van der Waals surface area contributed by atoms with Gasteiger partial charge < -0.3 is 14.4 Å². The van der Waals surface area contributed by atoms with Crippen molar-refractivity contribution >= 4 is 21.9 Å². The zero-order valence-corrected chi connectivity index (χ0v) is 11.5. The molecule has 18 heavy (non-hydrogen) atoms. The Morgan fingerprint density at radius 2 is 2.33 bits per heavy atom. The van der Waals surface area contributed by atoms with Gasteiger partial charge in [0.15, 0.2) is 6.10 Å². The molecule has 5 nitrogen and oxygen atoms in total. The molecule has 0 aromatic carbocycles. The number of carbonyl (C=O) groups is 1. The fourth-order valence-corrected chi connectivity index (χ4v) is 2.71. The summed E-state index contributed by atoms with van der Waals surface area (Å²) >= 11 is 3.34. The lowest BCUT2D eigenvalue weighted by Gasteiger charge is -2.14. The fraction of sp³-hybridized carbons (Fsp3) is 0.500. The molecule has 0 saturated carbocycles. The van der Waals surface area contributed by atoms with E-state index in [1.807, 2.05) is 0 Å². The number of nitrogens with zero attached hydrogens (tertiary/aromatic N) is 1. The van der Waals surface area contributed by atoms with E-state index in [0.717, 1.165) is 4.47 Å². The summed E-state index contributed by atoms with van der Waals surface area (Å²) in [6.45, 7) is 2.14. The number of aromatic nitrogens is 1. The lowest BCUT2D eigenvalue weighted by Crippen LogP contribution is -2.29. The number of hydrogen-bond acceptors (Lipinski definition) is 3. The molecule has 1 aliphatic heterocycles. The lowest BCUT2D eigenvalue weighted by molar-refractivity contribution is -0.149. The van der Waals surface area contributed by atoms with Crippen LogP contribution in [0, 0.1) is 6.92 Å². The maximum absolute atomic E-state index is 11.9. The van der Waals surface area contributed by atoms with Crippen LogP contribution in [0.25, 0.3) is 0 Å². The standard InChI is InChI=1S/C12H14BrNO4/c1-7-4-8(13)5-14(11(7)15)6-9-2-3-10(18-9)12(16)17/h4-5,9-10H,2-3,6H2,1H3,(H,16,17). The van der Waals surface area contributed by atoms with Gasteiger partial charge in [-0.25, -0.2) is 4.79 Å². The predicted molar refractivity (Wildman–Crippen MR) is 68.7 cm³/mol. The Morgan fingerprint density at radius 1 is 1.61 bits per heavy atom. The molecule has 2 heterocycles. The van der Waals surface area contributed by atoms with E-state index in [-0.39, 0.29) is 11.7 Å². The molecule has 0 spiro atoms. The molecule has 1 saturated heterocycles. The zero-order valence-electron chi connectivity index (χ0n) is 9.93. The third kappa shape index (κ3) is 2.81. The van der Waals surface area contributed by atoms with Crippen molar-refractivity contribution in [1.29, 1.82) is 0 Å². The van der Waals surface area contributed by atoms with Crippen LogP contribution in [0.2, 0.25) is 0 Å². The molecule has 6 heteroatoms. The van der Waals surface area contributed by atoms with Crippen LogP contribution in [0.4, 0.5) is 0 Å². The van der Waals surface area contributed by atoms with Gasteiger partial charge in [-0.05, 0) is 41.8 Å². The van der Waals surface area contributed by atoms with Gasteiger partial charge in [-0.2, -0.15) is 0 Å². The molecule has 1 aliphatic rings. The van der Waals surface area contributed by atoms with Gasteiger partial charge in [-0.3, -0.25) is 4.79 Å². The van der Waals surface area contributed by atoms with Crippen molar-refractivity contribution in [3.8, 4) is 0 Å². The summed E-state index contributed by atoms with van der Waals surface area (Å²) in [6.07, 6.45) is 1.92. The Hall–Kier alpha value is -1.14. The summed E-state index contributed by atoms with van der Waals surface area (Å²) in [5.74, 6) is -0.935. The summed E-state index contributed by atoms with van der Waals surface area (Å²) in [7, 11) is 0. The monoisotopic (exact) mass is 315 g/mol. The van der Waals surface area contributed by atoms with Gasteiger partial charge >= 0.3 is 5.97 Å². The molecular weight excluding hydrogens is 302 g/mol. The normalized spacial score (nSPS) is 23.2. The van der Waals surface area contributed by atoms with E-state index in [1.54, 1.807) is 23.8 Å². The smallest absolute Gasteiger partial charge is 0.332 e. The molecule has 0 radical (unpaired) electrons. The first-order valence-corrected chi connectivity index (χ1v) is 6.51. The summed E-state index contributed by atoms with van der Waals surface area (Å²) in [4.78, 5) is 22.7. The first-order chi connectivity index (χ1) is 8.47. The van der Waals surface area contributed by atoms with Crippen LogP contribution in [0.3, 0.4) is 0 Å². The Labute approximate surface area is 113 Å². The number of hydrogen-bond donors (Lipinski definition) is 1. The van der Waals surface area contributed by atoms with Crippen molar-refractivity contribution in [1.82, 2.24) is 4.57 Å². The van der Waals surface area contributed by atoms with Gasteiger partial charge in [-0.1, -0.05) is 0 Å². The number of aliphatic carboxylic acids is 1. The van der Waals surface area contributed by atoms with Crippen LogP contribution in [-0.4, -0.2) is 27.9 Å². The molecule has 2 rings (SSSR count). The third-order valence-corrected chi connectivity index (χ3v) is 3.45. The van der Waals surface area contributed by atoms with E-state index in [9.17, 15) is 9.59 Å². The second-order valence-electron chi connectivity index (χ2n) is 4.46. The minimum atomic E-state index is -0.935. The van der Waals surface area contributed by atoms with Crippen LogP contribution in [0.1, 0.15) is 18.4 Å². The van der Waals surface area contributed by atoms with Crippen molar-refractivity contribution in [2.75, 3.05) is 0 Å². The van der Waals surface area contributed by atoms with E-state index in [1.165, 1.54) is 0 Å². The van der Waals surface area contributed by atoms with Crippen LogP contribution in [0.15, 0.2) is 21.5 Å². The molecule has 0 aliphatic carbocycles. The third-order valence-electron chi connectivity index (χ3n) is 3.02. The van der Waals surface area contributed by atoms with Crippen molar-refractivity contribution in [2.45, 2.75) is 38.5 Å². The molecule has 1 aromatic heterocycles. The minimum absolute atomic E-state index is 0.0689. The van der Waals surface area contributed by atoms with Gasteiger partial charge in [0.25, 0.3) is 5.56 Å². The van der Waals surface area contributed by atoms with E-state index < -0.39 is 12.1 Å². The average Bonchev–Trinajstić information content (AvgIpc) is 2.74. The zero-order chi connectivity index (χ0) is 13.3. The second kappa shape index (κ2) is 5.24.